The van der Waals surface area contributed by atoms with Gasteiger partial charge in [-0.3, -0.25) is 4.90 Å². The second-order valence-corrected chi connectivity index (χ2v) is 7.01. The molecule has 1 aromatic carbocycles. The van der Waals surface area contributed by atoms with Crippen LogP contribution in [0.15, 0.2) is 24.3 Å². The van der Waals surface area contributed by atoms with E-state index in [4.69, 9.17) is 17.3 Å². The van der Waals surface area contributed by atoms with Crippen LogP contribution in [0.1, 0.15) is 57.6 Å². The van der Waals surface area contributed by atoms with E-state index in [2.05, 4.69) is 37.9 Å². The molecule has 0 spiro atoms. The Kier molecular flexibility index (Phi) is 5.70. The van der Waals surface area contributed by atoms with E-state index in [1.54, 1.807) is 0 Å². The molecule has 1 aromatic rings. The second-order valence-electron chi connectivity index (χ2n) is 6.61. The van der Waals surface area contributed by atoms with Crippen molar-refractivity contribution >= 4 is 11.6 Å². The highest BCUT2D eigenvalue weighted by Crippen LogP contribution is 2.41. The van der Waals surface area contributed by atoms with Crippen LogP contribution in [-0.2, 0) is 0 Å². The van der Waals surface area contributed by atoms with Crippen molar-refractivity contribution in [2.75, 3.05) is 13.6 Å². The van der Waals surface area contributed by atoms with Crippen LogP contribution in [0.5, 0.6) is 0 Å². The Labute approximate surface area is 134 Å². The molecule has 2 rings (SSSR count). The van der Waals surface area contributed by atoms with Crippen molar-refractivity contribution < 1.29 is 0 Å². The Morgan fingerprint density at radius 3 is 2.76 bits per heavy atom. The summed E-state index contributed by atoms with van der Waals surface area (Å²) >= 11 is 6.39. The average Bonchev–Trinajstić information content (AvgIpc) is 2.53. The summed E-state index contributed by atoms with van der Waals surface area (Å²) in [5.41, 5.74) is 7.56. The maximum absolute atomic E-state index is 6.39. The molecule has 2 N–H and O–H groups in total. The fraction of sp³-hybridized carbons (Fsp3) is 0.667. The van der Waals surface area contributed by atoms with E-state index in [-0.39, 0.29) is 11.6 Å². The standard InChI is InChI=1S/C18H29ClN2/c1-4-15-8-7-11-18(12-15,13-20)21(3)14(2)16-9-5-6-10-17(16)19/h5-6,9-10,14-15H,4,7-8,11-13,20H2,1-3H3. The molecule has 1 aliphatic carbocycles. The first-order valence-electron chi connectivity index (χ1n) is 8.21. The van der Waals surface area contributed by atoms with Gasteiger partial charge in [-0.25, -0.2) is 0 Å². The molecule has 0 aromatic heterocycles. The lowest BCUT2D eigenvalue weighted by Gasteiger charge is -2.49. The van der Waals surface area contributed by atoms with Crippen LogP contribution in [0.25, 0.3) is 0 Å². The van der Waals surface area contributed by atoms with Gasteiger partial charge in [0.15, 0.2) is 0 Å². The highest BCUT2D eigenvalue weighted by molar-refractivity contribution is 6.31. The molecule has 2 nitrogen and oxygen atoms in total. The lowest BCUT2D eigenvalue weighted by Crippen LogP contribution is -2.55. The van der Waals surface area contributed by atoms with Crippen LogP contribution >= 0.6 is 11.6 Å². The summed E-state index contributed by atoms with van der Waals surface area (Å²) in [7, 11) is 2.22. The van der Waals surface area contributed by atoms with Crippen LogP contribution < -0.4 is 5.73 Å². The van der Waals surface area contributed by atoms with Crippen LogP contribution in [0, 0.1) is 5.92 Å². The molecular formula is C18H29ClN2. The summed E-state index contributed by atoms with van der Waals surface area (Å²) in [5.74, 6) is 0.809. The summed E-state index contributed by atoms with van der Waals surface area (Å²) in [6.45, 7) is 5.28. The average molecular weight is 309 g/mol. The Hall–Kier alpha value is -0.570. The Balaban J connectivity index is 2.23. The number of nitrogens with zero attached hydrogens (tertiary/aromatic N) is 1. The highest BCUT2D eigenvalue weighted by Gasteiger charge is 2.40. The Bertz CT molecular complexity index is 462. The molecule has 21 heavy (non-hydrogen) atoms. The minimum absolute atomic E-state index is 0.123. The largest absolute Gasteiger partial charge is 0.329 e. The first-order chi connectivity index (χ1) is 10.0. The van der Waals surface area contributed by atoms with Gasteiger partial charge in [0.1, 0.15) is 0 Å². The van der Waals surface area contributed by atoms with Crippen LogP contribution in [-0.4, -0.2) is 24.0 Å². The van der Waals surface area contributed by atoms with Crippen molar-refractivity contribution in [2.45, 2.75) is 57.5 Å². The predicted octanol–water partition coefficient (Wildman–Crippen LogP) is 4.63. The van der Waals surface area contributed by atoms with Crippen LogP contribution in [0.3, 0.4) is 0 Å². The molecule has 0 heterocycles. The van der Waals surface area contributed by atoms with Gasteiger partial charge >= 0.3 is 0 Å². The van der Waals surface area contributed by atoms with E-state index >= 15 is 0 Å². The monoisotopic (exact) mass is 308 g/mol. The van der Waals surface area contributed by atoms with E-state index in [1.165, 1.54) is 37.7 Å². The summed E-state index contributed by atoms with van der Waals surface area (Å²) < 4.78 is 0. The van der Waals surface area contributed by atoms with Gasteiger partial charge < -0.3 is 5.73 Å². The Morgan fingerprint density at radius 2 is 2.14 bits per heavy atom. The number of rotatable bonds is 5. The molecule has 3 heteroatoms. The van der Waals surface area contributed by atoms with E-state index < -0.39 is 0 Å². The van der Waals surface area contributed by atoms with Gasteiger partial charge in [0, 0.05) is 23.1 Å². The first-order valence-corrected chi connectivity index (χ1v) is 8.59. The van der Waals surface area contributed by atoms with Crippen molar-refractivity contribution in [1.82, 2.24) is 4.90 Å². The fourth-order valence-corrected chi connectivity index (χ4v) is 4.19. The lowest BCUT2D eigenvalue weighted by atomic mass is 9.73. The molecule has 118 valence electrons. The predicted molar refractivity (Wildman–Crippen MR) is 91.7 cm³/mol. The van der Waals surface area contributed by atoms with Gasteiger partial charge in [-0.1, -0.05) is 56.0 Å². The third-order valence-corrected chi connectivity index (χ3v) is 5.91. The zero-order valence-corrected chi connectivity index (χ0v) is 14.4. The number of hydrogen-bond acceptors (Lipinski definition) is 2. The normalized spacial score (nSPS) is 27.8. The summed E-state index contributed by atoms with van der Waals surface area (Å²) in [4.78, 5) is 2.48. The minimum atomic E-state index is 0.123. The van der Waals surface area contributed by atoms with Gasteiger partial charge in [0.25, 0.3) is 0 Å². The minimum Gasteiger partial charge on any atom is -0.329 e. The molecule has 0 saturated heterocycles. The molecule has 3 atom stereocenters. The van der Waals surface area contributed by atoms with Crippen molar-refractivity contribution in [3.63, 3.8) is 0 Å². The molecule has 1 saturated carbocycles. The SMILES string of the molecule is CCC1CCCC(CN)(N(C)C(C)c2ccccc2Cl)C1. The van der Waals surface area contributed by atoms with E-state index in [1.807, 2.05) is 12.1 Å². The van der Waals surface area contributed by atoms with E-state index in [9.17, 15) is 0 Å². The number of nitrogens with two attached hydrogens (primary N) is 1. The molecule has 0 bridgehead atoms. The van der Waals surface area contributed by atoms with Gasteiger partial charge in [-0.05, 0) is 44.4 Å². The number of benzene rings is 1. The zero-order valence-electron chi connectivity index (χ0n) is 13.6. The first kappa shape index (κ1) is 16.8. The van der Waals surface area contributed by atoms with E-state index in [0.717, 1.165) is 17.5 Å². The quantitative estimate of drug-likeness (QED) is 0.859. The van der Waals surface area contributed by atoms with Crippen molar-refractivity contribution in [3.8, 4) is 0 Å². The van der Waals surface area contributed by atoms with Crippen molar-refractivity contribution in [2.24, 2.45) is 11.7 Å². The third-order valence-electron chi connectivity index (χ3n) is 5.56. The van der Waals surface area contributed by atoms with Gasteiger partial charge in [0.05, 0.1) is 0 Å². The third kappa shape index (κ3) is 3.44. The van der Waals surface area contributed by atoms with Crippen molar-refractivity contribution in [3.05, 3.63) is 34.9 Å². The summed E-state index contributed by atoms with van der Waals surface area (Å²) in [6, 6.07) is 8.46. The molecular weight excluding hydrogens is 280 g/mol. The number of likely N-dealkylation sites (N-methyl/N-ethyl adjacent to an activating group) is 1. The maximum Gasteiger partial charge on any atom is 0.0453 e. The highest BCUT2D eigenvalue weighted by atomic mass is 35.5. The molecule has 1 fully saturated rings. The zero-order chi connectivity index (χ0) is 15.5. The maximum atomic E-state index is 6.39. The van der Waals surface area contributed by atoms with Gasteiger partial charge in [-0.2, -0.15) is 0 Å². The molecule has 0 aliphatic heterocycles. The van der Waals surface area contributed by atoms with Gasteiger partial charge in [-0.15, -0.1) is 0 Å². The summed E-state index contributed by atoms with van der Waals surface area (Å²) in [5, 5.41) is 0.854. The van der Waals surface area contributed by atoms with Crippen LogP contribution in [0.2, 0.25) is 5.02 Å². The smallest absolute Gasteiger partial charge is 0.0453 e. The summed E-state index contributed by atoms with van der Waals surface area (Å²) in [6.07, 6.45) is 6.31. The fourth-order valence-electron chi connectivity index (χ4n) is 3.89. The molecule has 3 unspecified atom stereocenters. The number of hydrogen-bond donors (Lipinski definition) is 1. The topological polar surface area (TPSA) is 29.3 Å². The Morgan fingerprint density at radius 1 is 1.43 bits per heavy atom. The van der Waals surface area contributed by atoms with E-state index in [0.29, 0.717) is 0 Å². The molecule has 0 radical (unpaired) electrons. The second kappa shape index (κ2) is 7.13. The number of halogens is 1. The van der Waals surface area contributed by atoms with Crippen molar-refractivity contribution in [1.29, 1.82) is 0 Å². The molecule has 1 aliphatic rings. The lowest BCUT2D eigenvalue weighted by molar-refractivity contribution is 0.0278. The molecule has 0 amide bonds. The van der Waals surface area contributed by atoms with Gasteiger partial charge in [0.2, 0.25) is 0 Å². The van der Waals surface area contributed by atoms with Crippen LogP contribution in [0.4, 0.5) is 0 Å².